The van der Waals surface area contributed by atoms with E-state index < -0.39 is 0 Å². The normalized spacial score (nSPS) is 10.9. The Bertz CT molecular complexity index is 3410. The summed E-state index contributed by atoms with van der Waals surface area (Å²) in [4.78, 5) is 2.30. The molecule has 0 amide bonds. The highest BCUT2D eigenvalue weighted by molar-refractivity contribution is 5.87. The molecule has 0 aliphatic heterocycles. The van der Waals surface area contributed by atoms with Crippen LogP contribution in [-0.4, -0.2) is 0 Å². The van der Waals surface area contributed by atoms with Crippen molar-refractivity contribution in [2.24, 2.45) is 0 Å². The molecule has 0 bridgehead atoms. The second kappa shape index (κ2) is 21.9. The van der Waals surface area contributed by atoms with Crippen LogP contribution in [0, 0.1) is 0 Å². The lowest BCUT2D eigenvalue weighted by Crippen LogP contribution is -2.10. The maximum atomic E-state index is 3.65. The minimum atomic E-state index is 1.00. The van der Waals surface area contributed by atoms with Gasteiger partial charge in [-0.1, -0.05) is 200 Å². The van der Waals surface area contributed by atoms with E-state index in [9.17, 15) is 0 Å². The standard InChI is InChI=1S/C72H54N4/c1-4-16-52(17-5-1)67-22-10-13-25-70(67)55-28-34-58(35-29-55)73-61-40-46-64(47-41-61)76(65-48-42-62(43-49-65)74-59-36-30-56(31-37-59)71-26-14-11-23-68(71)53-18-6-2-7-19-53)66-50-44-63(45-51-66)75-60-38-32-57(33-39-60)72-27-15-12-24-69(72)54-20-8-3-9-21-54/h1-51,73-75H. The molecule has 0 radical (unpaired) electrons. The minimum Gasteiger partial charge on any atom is -0.356 e. The highest BCUT2D eigenvalue weighted by atomic mass is 15.1. The zero-order valence-corrected chi connectivity index (χ0v) is 41.9. The van der Waals surface area contributed by atoms with E-state index in [0.29, 0.717) is 0 Å². The maximum absolute atomic E-state index is 3.65. The first-order valence-corrected chi connectivity index (χ1v) is 25.8. The Labute approximate surface area is 445 Å². The first-order valence-electron chi connectivity index (χ1n) is 25.8. The Balaban J connectivity index is 0.785. The molecule has 3 N–H and O–H groups in total. The lowest BCUT2D eigenvalue weighted by atomic mass is 9.94. The van der Waals surface area contributed by atoms with Gasteiger partial charge < -0.3 is 20.9 Å². The summed E-state index contributed by atoms with van der Waals surface area (Å²) in [5.74, 6) is 0. The van der Waals surface area contributed by atoms with Gasteiger partial charge in [0.15, 0.2) is 0 Å². The van der Waals surface area contributed by atoms with Gasteiger partial charge in [0.1, 0.15) is 0 Å². The van der Waals surface area contributed by atoms with Crippen LogP contribution in [-0.2, 0) is 0 Å². The smallest absolute Gasteiger partial charge is 0.0463 e. The molecule has 0 saturated heterocycles. The van der Waals surface area contributed by atoms with Crippen molar-refractivity contribution in [1.82, 2.24) is 0 Å². The van der Waals surface area contributed by atoms with Crippen LogP contribution in [0.1, 0.15) is 0 Å². The number of hydrogen-bond acceptors (Lipinski definition) is 4. The predicted molar refractivity (Wildman–Crippen MR) is 323 cm³/mol. The van der Waals surface area contributed by atoms with E-state index in [1.54, 1.807) is 0 Å². The highest BCUT2D eigenvalue weighted by Gasteiger charge is 2.15. The van der Waals surface area contributed by atoms with Crippen molar-refractivity contribution in [2.75, 3.05) is 20.9 Å². The summed E-state index contributed by atoms with van der Waals surface area (Å²) in [5, 5.41) is 10.9. The first kappa shape index (κ1) is 46.9. The van der Waals surface area contributed by atoms with Crippen LogP contribution in [0.3, 0.4) is 0 Å². The zero-order chi connectivity index (χ0) is 50.9. The molecule has 0 saturated carbocycles. The fraction of sp³-hybridized carbons (Fsp3) is 0. The van der Waals surface area contributed by atoms with Crippen molar-refractivity contribution >= 4 is 51.2 Å². The van der Waals surface area contributed by atoms with Crippen LogP contribution >= 0.6 is 0 Å². The molecule has 12 aromatic carbocycles. The van der Waals surface area contributed by atoms with Crippen LogP contribution in [0.5, 0.6) is 0 Å². The molecule has 0 fully saturated rings. The maximum Gasteiger partial charge on any atom is 0.0463 e. The number of benzene rings is 12. The van der Waals surface area contributed by atoms with Crippen molar-refractivity contribution in [1.29, 1.82) is 0 Å². The molecule has 0 aliphatic carbocycles. The number of nitrogens with one attached hydrogen (secondary N) is 3. The van der Waals surface area contributed by atoms with Gasteiger partial charge >= 0.3 is 0 Å². The summed E-state index contributed by atoms with van der Waals surface area (Å²) in [6.45, 7) is 0. The molecule has 0 spiro atoms. The molecule has 0 unspecified atom stereocenters. The topological polar surface area (TPSA) is 39.3 Å². The third-order valence-electron chi connectivity index (χ3n) is 13.9. The van der Waals surface area contributed by atoms with Gasteiger partial charge in [0.05, 0.1) is 0 Å². The summed E-state index contributed by atoms with van der Waals surface area (Å²) in [5.41, 5.74) is 23.7. The van der Waals surface area contributed by atoms with Crippen molar-refractivity contribution < 1.29 is 0 Å². The molecular formula is C72H54N4. The fourth-order valence-corrected chi connectivity index (χ4v) is 10.0. The highest BCUT2D eigenvalue weighted by Crippen LogP contribution is 2.40. The molecule has 0 heterocycles. The Morgan fingerprint density at radius 1 is 0.158 bits per heavy atom. The van der Waals surface area contributed by atoms with Crippen molar-refractivity contribution in [3.05, 3.63) is 309 Å². The third-order valence-corrected chi connectivity index (χ3v) is 13.9. The largest absolute Gasteiger partial charge is 0.356 e. The number of rotatable bonds is 15. The monoisotopic (exact) mass is 974 g/mol. The van der Waals surface area contributed by atoms with E-state index in [-0.39, 0.29) is 0 Å². The average Bonchev–Trinajstić information content (AvgIpc) is 3.51. The molecule has 0 atom stereocenters. The Hall–Kier alpha value is -10.2. The van der Waals surface area contributed by atoms with E-state index in [0.717, 1.165) is 51.2 Å². The summed E-state index contributed by atoms with van der Waals surface area (Å²) < 4.78 is 0. The van der Waals surface area contributed by atoms with Gasteiger partial charge in [-0.15, -0.1) is 0 Å². The van der Waals surface area contributed by atoms with E-state index in [1.807, 2.05) is 0 Å². The SMILES string of the molecule is c1ccc(-c2ccccc2-c2ccc(Nc3ccc(N(c4ccc(Nc5ccc(-c6ccccc6-c6ccccc6)cc5)cc4)c4ccc(Nc5ccc(-c6ccccc6-c6ccccc6)cc5)cc4)cc3)cc2)cc1. The van der Waals surface area contributed by atoms with Crippen molar-refractivity contribution in [3.8, 4) is 66.8 Å². The van der Waals surface area contributed by atoms with Gasteiger partial charge in [0.25, 0.3) is 0 Å². The second-order valence-corrected chi connectivity index (χ2v) is 18.8. The predicted octanol–water partition coefficient (Wildman–Crippen LogP) is 20.4. The number of nitrogens with zero attached hydrogens (tertiary/aromatic N) is 1. The lowest BCUT2D eigenvalue weighted by Gasteiger charge is -2.26. The Morgan fingerprint density at radius 2 is 0.329 bits per heavy atom. The molecule has 76 heavy (non-hydrogen) atoms. The Morgan fingerprint density at radius 3 is 0.539 bits per heavy atom. The van der Waals surface area contributed by atoms with Gasteiger partial charge in [-0.05, 0) is 176 Å². The van der Waals surface area contributed by atoms with Gasteiger partial charge in [-0.2, -0.15) is 0 Å². The third kappa shape index (κ3) is 10.5. The van der Waals surface area contributed by atoms with Crippen molar-refractivity contribution in [3.63, 3.8) is 0 Å². The molecule has 4 nitrogen and oxygen atoms in total. The molecule has 0 aliphatic rings. The molecule has 362 valence electrons. The van der Waals surface area contributed by atoms with Crippen LogP contribution in [0.4, 0.5) is 51.2 Å². The quantitative estimate of drug-likeness (QED) is 0.0957. The van der Waals surface area contributed by atoms with E-state index in [2.05, 4.69) is 330 Å². The molecule has 12 aromatic rings. The first-order chi connectivity index (χ1) is 37.6. The van der Waals surface area contributed by atoms with Crippen LogP contribution in [0.25, 0.3) is 66.8 Å². The van der Waals surface area contributed by atoms with Gasteiger partial charge in [-0.3, -0.25) is 0 Å². The van der Waals surface area contributed by atoms with E-state index in [1.165, 1.54) is 66.8 Å². The van der Waals surface area contributed by atoms with Gasteiger partial charge in [-0.25, -0.2) is 0 Å². The fourth-order valence-electron chi connectivity index (χ4n) is 10.0. The molecule has 4 heteroatoms. The average molecular weight is 975 g/mol. The summed E-state index contributed by atoms with van der Waals surface area (Å²) in [7, 11) is 0. The van der Waals surface area contributed by atoms with Crippen LogP contribution < -0.4 is 20.9 Å². The lowest BCUT2D eigenvalue weighted by molar-refractivity contribution is 1.28. The molecular weight excluding hydrogens is 921 g/mol. The van der Waals surface area contributed by atoms with Crippen LogP contribution in [0.15, 0.2) is 309 Å². The number of anilines is 9. The number of hydrogen-bond donors (Lipinski definition) is 3. The molecule has 12 rings (SSSR count). The summed E-state index contributed by atoms with van der Waals surface area (Å²) >= 11 is 0. The summed E-state index contributed by atoms with van der Waals surface area (Å²) in [6, 6.07) is 110. The van der Waals surface area contributed by atoms with Gasteiger partial charge in [0.2, 0.25) is 0 Å². The van der Waals surface area contributed by atoms with Gasteiger partial charge in [0, 0.05) is 51.2 Å². The zero-order valence-electron chi connectivity index (χ0n) is 41.9. The van der Waals surface area contributed by atoms with Crippen molar-refractivity contribution in [2.45, 2.75) is 0 Å². The van der Waals surface area contributed by atoms with E-state index in [4.69, 9.17) is 0 Å². The van der Waals surface area contributed by atoms with Crippen LogP contribution in [0.2, 0.25) is 0 Å². The van der Waals surface area contributed by atoms with E-state index >= 15 is 0 Å². The second-order valence-electron chi connectivity index (χ2n) is 18.8. The minimum absolute atomic E-state index is 1.00. The summed E-state index contributed by atoms with van der Waals surface area (Å²) in [6.07, 6.45) is 0. The Kier molecular flexibility index (Phi) is 13.5. The molecule has 0 aromatic heterocycles.